The van der Waals surface area contributed by atoms with Crippen LogP contribution in [0, 0.1) is 0 Å². The van der Waals surface area contributed by atoms with E-state index in [1.165, 1.54) is 18.9 Å². The maximum absolute atomic E-state index is 12.8. The minimum Gasteiger partial charge on any atom is -0.457 e. The minimum atomic E-state index is -4.36. The maximum atomic E-state index is 12.8. The lowest BCUT2D eigenvalue weighted by Crippen LogP contribution is -2.04. The molecule has 0 aliphatic rings. The number of rotatable bonds is 7. The lowest BCUT2D eigenvalue weighted by molar-refractivity contribution is -0.137. The van der Waals surface area contributed by atoms with E-state index >= 15 is 0 Å². The third kappa shape index (κ3) is 5.31. The van der Waals surface area contributed by atoms with Gasteiger partial charge in [0.1, 0.15) is 11.5 Å². The standard InChI is InChI=1S/C19H21F3O/c1-2-3-4-5-9-15-10-6-7-13-18(15)23-17-12-8-11-16(14-17)19(20,21)22/h6-8,10-14H,2-5,9H2,1H3. The molecule has 2 rings (SSSR count). The predicted molar refractivity (Wildman–Crippen MR) is 85.8 cm³/mol. The van der Waals surface area contributed by atoms with Gasteiger partial charge in [-0.2, -0.15) is 13.2 Å². The summed E-state index contributed by atoms with van der Waals surface area (Å²) in [6.45, 7) is 2.16. The van der Waals surface area contributed by atoms with Crippen molar-refractivity contribution in [2.75, 3.05) is 0 Å². The third-order valence-electron chi connectivity index (χ3n) is 3.66. The van der Waals surface area contributed by atoms with Gasteiger partial charge in [0.25, 0.3) is 0 Å². The molecule has 0 saturated heterocycles. The van der Waals surface area contributed by atoms with Crippen molar-refractivity contribution in [1.29, 1.82) is 0 Å². The molecule has 0 atom stereocenters. The highest BCUT2D eigenvalue weighted by Gasteiger charge is 2.30. The van der Waals surface area contributed by atoms with Crippen molar-refractivity contribution < 1.29 is 17.9 Å². The molecule has 23 heavy (non-hydrogen) atoms. The van der Waals surface area contributed by atoms with Gasteiger partial charge in [0, 0.05) is 0 Å². The van der Waals surface area contributed by atoms with Gasteiger partial charge in [0.2, 0.25) is 0 Å². The van der Waals surface area contributed by atoms with E-state index in [9.17, 15) is 13.2 Å². The summed E-state index contributed by atoms with van der Waals surface area (Å²) in [5.74, 6) is 0.837. The topological polar surface area (TPSA) is 9.23 Å². The van der Waals surface area contributed by atoms with Crippen LogP contribution in [0.25, 0.3) is 0 Å². The molecule has 2 aromatic carbocycles. The van der Waals surface area contributed by atoms with E-state index in [0.29, 0.717) is 5.75 Å². The predicted octanol–water partition coefficient (Wildman–Crippen LogP) is 6.62. The molecule has 0 unspecified atom stereocenters. The van der Waals surface area contributed by atoms with Crippen molar-refractivity contribution in [3.05, 3.63) is 59.7 Å². The normalized spacial score (nSPS) is 11.5. The molecule has 124 valence electrons. The second-order valence-electron chi connectivity index (χ2n) is 5.55. The van der Waals surface area contributed by atoms with E-state index in [0.717, 1.165) is 37.0 Å². The first-order valence-electron chi connectivity index (χ1n) is 7.93. The van der Waals surface area contributed by atoms with Crippen molar-refractivity contribution in [2.45, 2.75) is 45.2 Å². The Labute approximate surface area is 135 Å². The average Bonchev–Trinajstić information content (AvgIpc) is 2.52. The van der Waals surface area contributed by atoms with Gasteiger partial charge >= 0.3 is 6.18 Å². The van der Waals surface area contributed by atoms with Crippen LogP contribution in [-0.4, -0.2) is 0 Å². The number of unbranched alkanes of at least 4 members (excludes halogenated alkanes) is 3. The molecule has 0 fully saturated rings. The quantitative estimate of drug-likeness (QED) is 0.520. The Kier molecular flexibility index (Phi) is 6.08. The third-order valence-corrected chi connectivity index (χ3v) is 3.66. The maximum Gasteiger partial charge on any atom is 0.416 e. The van der Waals surface area contributed by atoms with Crippen LogP contribution in [0.3, 0.4) is 0 Å². The summed E-state index contributed by atoms with van der Waals surface area (Å²) in [6, 6.07) is 12.5. The number of hydrogen-bond acceptors (Lipinski definition) is 1. The Morgan fingerprint density at radius 2 is 1.70 bits per heavy atom. The molecule has 0 saturated carbocycles. The number of halogens is 3. The van der Waals surface area contributed by atoms with Crippen LogP contribution in [0.4, 0.5) is 13.2 Å². The fourth-order valence-corrected chi connectivity index (χ4v) is 2.42. The number of benzene rings is 2. The SMILES string of the molecule is CCCCCCc1ccccc1Oc1cccc(C(F)(F)F)c1. The zero-order valence-corrected chi connectivity index (χ0v) is 13.2. The molecule has 0 bridgehead atoms. The fraction of sp³-hybridized carbons (Fsp3) is 0.368. The molecule has 0 heterocycles. The van der Waals surface area contributed by atoms with Crippen molar-refractivity contribution in [3.8, 4) is 11.5 Å². The van der Waals surface area contributed by atoms with Crippen molar-refractivity contribution >= 4 is 0 Å². The number of hydrogen-bond donors (Lipinski definition) is 0. The van der Waals surface area contributed by atoms with Gasteiger partial charge in [-0.15, -0.1) is 0 Å². The summed E-state index contributed by atoms with van der Waals surface area (Å²) in [6.07, 6.45) is 1.07. The Hall–Kier alpha value is -1.97. The van der Waals surface area contributed by atoms with Crippen LogP contribution in [0.5, 0.6) is 11.5 Å². The zero-order chi connectivity index (χ0) is 16.7. The van der Waals surface area contributed by atoms with Crippen molar-refractivity contribution in [3.63, 3.8) is 0 Å². The van der Waals surface area contributed by atoms with E-state index in [1.807, 2.05) is 18.2 Å². The highest BCUT2D eigenvalue weighted by Crippen LogP contribution is 2.33. The summed E-state index contributed by atoms with van der Waals surface area (Å²) >= 11 is 0. The fourth-order valence-electron chi connectivity index (χ4n) is 2.42. The van der Waals surface area contributed by atoms with Gasteiger partial charge in [-0.1, -0.05) is 50.5 Å². The monoisotopic (exact) mass is 322 g/mol. The van der Waals surface area contributed by atoms with Gasteiger partial charge in [-0.3, -0.25) is 0 Å². The summed E-state index contributed by atoms with van der Waals surface area (Å²) < 4.78 is 44.0. The first-order valence-corrected chi connectivity index (χ1v) is 7.93. The highest BCUT2D eigenvalue weighted by molar-refractivity contribution is 5.39. The number of para-hydroxylation sites is 1. The molecule has 1 nitrogen and oxygen atoms in total. The summed E-state index contributed by atoms with van der Waals surface area (Å²) in [7, 11) is 0. The summed E-state index contributed by atoms with van der Waals surface area (Å²) in [5.41, 5.74) is 0.330. The first kappa shape index (κ1) is 17.4. The summed E-state index contributed by atoms with van der Waals surface area (Å²) in [4.78, 5) is 0. The Balaban J connectivity index is 2.11. The largest absolute Gasteiger partial charge is 0.457 e. The van der Waals surface area contributed by atoms with Crippen molar-refractivity contribution in [1.82, 2.24) is 0 Å². The van der Waals surface area contributed by atoms with Gasteiger partial charge in [-0.25, -0.2) is 0 Å². The molecule has 0 aliphatic carbocycles. The number of aryl methyl sites for hydroxylation is 1. The molecular formula is C19H21F3O. The highest BCUT2D eigenvalue weighted by atomic mass is 19.4. The average molecular weight is 322 g/mol. The van der Waals surface area contributed by atoms with Gasteiger partial charge in [0.05, 0.1) is 5.56 Å². The van der Waals surface area contributed by atoms with Crippen LogP contribution in [0.15, 0.2) is 48.5 Å². The molecular weight excluding hydrogens is 301 g/mol. The molecule has 0 spiro atoms. The van der Waals surface area contributed by atoms with E-state index in [4.69, 9.17) is 4.74 Å². The molecule has 4 heteroatoms. The Morgan fingerprint density at radius 3 is 2.43 bits per heavy atom. The second-order valence-corrected chi connectivity index (χ2v) is 5.55. The second kappa shape index (κ2) is 8.04. The van der Waals surface area contributed by atoms with Crippen LogP contribution in [0.1, 0.15) is 43.7 Å². The minimum absolute atomic E-state index is 0.209. The molecule has 0 aliphatic heterocycles. The summed E-state index contributed by atoms with van der Waals surface area (Å²) in [5, 5.41) is 0. The van der Waals surface area contributed by atoms with Crippen LogP contribution in [-0.2, 0) is 12.6 Å². The Bertz CT molecular complexity index is 620. The van der Waals surface area contributed by atoms with Crippen molar-refractivity contribution in [2.24, 2.45) is 0 Å². The number of alkyl halides is 3. The molecule has 0 N–H and O–H groups in total. The van der Waals surface area contributed by atoms with E-state index in [2.05, 4.69) is 6.92 Å². The Morgan fingerprint density at radius 1 is 0.913 bits per heavy atom. The lowest BCUT2D eigenvalue weighted by Gasteiger charge is -2.13. The molecule has 0 amide bonds. The molecule has 2 aromatic rings. The smallest absolute Gasteiger partial charge is 0.416 e. The first-order chi connectivity index (χ1) is 11.0. The zero-order valence-electron chi connectivity index (χ0n) is 13.2. The van der Waals surface area contributed by atoms with E-state index in [1.54, 1.807) is 12.1 Å². The van der Waals surface area contributed by atoms with Gasteiger partial charge < -0.3 is 4.74 Å². The van der Waals surface area contributed by atoms with E-state index < -0.39 is 11.7 Å². The van der Waals surface area contributed by atoms with Crippen LogP contribution >= 0.6 is 0 Å². The molecule has 0 radical (unpaired) electrons. The van der Waals surface area contributed by atoms with Gasteiger partial charge in [-0.05, 0) is 42.7 Å². The molecule has 0 aromatic heterocycles. The number of ether oxygens (including phenoxy) is 1. The van der Waals surface area contributed by atoms with Crippen LogP contribution in [0.2, 0.25) is 0 Å². The van der Waals surface area contributed by atoms with Gasteiger partial charge in [0.15, 0.2) is 0 Å². The lowest BCUT2D eigenvalue weighted by atomic mass is 10.1. The van der Waals surface area contributed by atoms with Crippen LogP contribution < -0.4 is 4.74 Å². The van der Waals surface area contributed by atoms with E-state index in [-0.39, 0.29) is 5.75 Å².